The maximum Gasteiger partial charge on any atom is 0.140 e. The fraction of sp³-hybridized carbons (Fsp3) is 0.222. The van der Waals surface area contributed by atoms with E-state index < -0.39 is 0 Å². The van der Waals surface area contributed by atoms with Gasteiger partial charge in [-0.2, -0.15) is 0 Å². The number of pyridine rings is 1. The number of nitrogens with zero attached hydrogens (tertiary/aromatic N) is 1. The molecule has 0 atom stereocenters. The van der Waals surface area contributed by atoms with E-state index in [-0.39, 0.29) is 0 Å². The van der Waals surface area contributed by atoms with Gasteiger partial charge in [-0.1, -0.05) is 0 Å². The van der Waals surface area contributed by atoms with Gasteiger partial charge in [-0.15, -0.1) is 0 Å². The van der Waals surface area contributed by atoms with Gasteiger partial charge in [0.1, 0.15) is 5.58 Å². The molecule has 0 radical (unpaired) electrons. The van der Waals surface area contributed by atoms with Crippen LogP contribution in [0.15, 0.2) is 22.9 Å². The van der Waals surface area contributed by atoms with Crippen LogP contribution in [-0.2, 0) is 0 Å². The molecule has 0 unspecified atom stereocenters. The molecule has 11 heavy (non-hydrogen) atoms. The van der Waals surface area contributed by atoms with Gasteiger partial charge in [0.15, 0.2) is 0 Å². The van der Waals surface area contributed by atoms with Crippen LogP contribution in [-0.4, -0.2) is 4.98 Å². The standard InChI is InChI=1S/C9H9NO/c1-6-7(2)10-5-8-3-4-11-9(6)8/h3-5H,1-2H3. The van der Waals surface area contributed by atoms with Crippen LogP contribution < -0.4 is 0 Å². The maximum atomic E-state index is 5.29. The van der Waals surface area contributed by atoms with Crippen molar-refractivity contribution in [2.45, 2.75) is 13.8 Å². The molecule has 0 spiro atoms. The molecule has 2 aromatic rings. The molecule has 0 amide bonds. The summed E-state index contributed by atoms with van der Waals surface area (Å²) < 4.78 is 5.29. The lowest BCUT2D eigenvalue weighted by molar-refractivity contribution is 0.612. The zero-order chi connectivity index (χ0) is 7.84. The van der Waals surface area contributed by atoms with E-state index in [1.807, 2.05) is 26.1 Å². The number of hydrogen-bond acceptors (Lipinski definition) is 2. The Hall–Kier alpha value is -1.31. The fourth-order valence-electron chi connectivity index (χ4n) is 1.15. The van der Waals surface area contributed by atoms with E-state index in [4.69, 9.17) is 4.42 Å². The summed E-state index contributed by atoms with van der Waals surface area (Å²) in [5.74, 6) is 0. The van der Waals surface area contributed by atoms with Gasteiger partial charge in [0.2, 0.25) is 0 Å². The zero-order valence-corrected chi connectivity index (χ0v) is 6.59. The first-order chi connectivity index (χ1) is 5.29. The minimum Gasteiger partial charge on any atom is -0.464 e. The van der Waals surface area contributed by atoms with E-state index in [9.17, 15) is 0 Å². The second-order valence-electron chi connectivity index (χ2n) is 2.67. The summed E-state index contributed by atoms with van der Waals surface area (Å²) in [4.78, 5) is 4.22. The average molecular weight is 147 g/mol. The van der Waals surface area contributed by atoms with Crippen molar-refractivity contribution in [1.82, 2.24) is 4.98 Å². The highest BCUT2D eigenvalue weighted by atomic mass is 16.3. The average Bonchev–Trinajstić information content (AvgIpc) is 2.45. The van der Waals surface area contributed by atoms with Crippen molar-refractivity contribution in [2.75, 3.05) is 0 Å². The molecule has 2 aromatic heterocycles. The van der Waals surface area contributed by atoms with Crippen molar-refractivity contribution in [2.24, 2.45) is 0 Å². The van der Waals surface area contributed by atoms with E-state index in [0.717, 1.165) is 22.2 Å². The molecule has 2 heteroatoms. The van der Waals surface area contributed by atoms with Crippen molar-refractivity contribution in [3.05, 3.63) is 29.8 Å². The smallest absolute Gasteiger partial charge is 0.140 e. The molecule has 0 saturated heterocycles. The molecular formula is C9H9NO. The predicted molar refractivity (Wildman–Crippen MR) is 43.5 cm³/mol. The van der Waals surface area contributed by atoms with Crippen LogP contribution >= 0.6 is 0 Å². The maximum absolute atomic E-state index is 5.29. The van der Waals surface area contributed by atoms with Crippen molar-refractivity contribution in [3.63, 3.8) is 0 Å². The molecule has 0 N–H and O–H groups in total. The largest absolute Gasteiger partial charge is 0.464 e. The van der Waals surface area contributed by atoms with Crippen LogP contribution in [0.3, 0.4) is 0 Å². The molecule has 2 heterocycles. The van der Waals surface area contributed by atoms with Crippen LogP contribution in [0.25, 0.3) is 11.0 Å². The number of furan rings is 1. The van der Waals surface area contributed by atoms with Crippen LogP contribution in [0, 0.1) is 13.8 Å². The fourth-order valence-corrected chi connectivity index (χ4v) is 1.15. The molecule has 2 nitrogen and oxygen atoms in total. The third-order valence-corrected chi connectivity index (χ3v) is 1.98. The number of aromatic nitrogens is 1. The van der Waals surface area contributed by atoms with Crippen LogP contribution in [0.1, 0.15) is 11.3 Å². The Bertz CT molecular complexity index is 389. The van der Waals surface area contributed by atoms with Crippen molar-refractivity contribution in [1.29, 1.82) is 0 Å². The summed E-state index contributed by atoms with van der Waals surface area (Å²) in [7, 11) is 0. The molecule has 0 aliphatic rings. The van der Waals surface area contributed by atoms with Gasteiger partial charge in [-0.3, -0.25) is 4.98 Å². The minimum absolute atomic E-state index is 0.956. The SMILES string of the molecule is Cc1ncc2ccoc2c1C. The Labute approximate surface area is 64.9 Å². The van der Waals surface area contributed by atoms with E-state index in [2.05, 4.69) is 4.98 Å². The molecule has 0 fully saturated rings. The van der Waals surface area contributed by atoms with Gasteiger partial charge in [0.25, 0.3) is 0 Å². The Morgan fingerprint density at radius 1 is 1.36 bits per heavy atom. The Morgan fingerprint density at radius 3 is 3.00 bits per heavy atom. The van der Waals surface area contributed by atoms with Crippen LogP contribution in [0.4, 0.5) is 0 Å². The Morgan fingerprint density at radius 2 is 2.18 bits per heavy atom. The number of hydrogen-bond donors (Lipinski definition) is 0. The van der Waals surface area contributed by atoms with Crippen LogP contribution in [0.5, 0.6) is 0 Å². The van der Waals surface area contributed by atoms with E-state index in [1.54, 1.807) is 6.26 Å². The predicted octanol–water partition coefficient (Wildman–Crippen LogP) is 2.44. The lowest BCUT2D eigenvalue weighted by atomic mass is 10.2. The molecule has 0 aromatic carbocycles. The van der Waals surface area contributed by atoms with Gasteiger partial charge in [0, 0.05) is 22.8 Å². The van der Waals surface area contributed by atoms with Gasteiger partial charge >= 0.3 is 0 Å². The summed E-state index contributed by atoms with van der Waals surface area (Å²) in [5, 5.41) is 1.08. The number of aryl methyl sites for hydroxylation is 2. The highest BCUT2D eigenvalue weighted by Crippen LogP contribution is 2.19. The first kappa shape index (κ1) is 6.40. The van der Waals surface area contributed by atoms with Crippen LogP contribution in [0.2, 0.25) is 0 Å². The number of rotatable bonds is 0. The quantitative estimate of drug-likeness (QED) is 0.572. The highest BCUT2D eigenvalue weighted by molar-refractivity contribution is 5.79. The molecule has 0 aliphatic carbocycles. The lowest BCUT2D eigenvalue weighted by Crippen LogP contribution is -1.84. The topological polar surface area (TPSA) is 26.0 Å². The normalized spacial score (nSPS) is 10.7. The molecule has 0 bridgehead atoms. The third kappa shape index (κ3) is 0.827. The second-order valence-corrected chi connectivity index (χ2v) is 2.67. The molecule has 0 saturated carbocycles. The van der Waals surface area contributed by atoms with Gasteiger partial charge < -0.3 is 4.42 Å². The summed E-state index contributed by atoms with van der Waals surface area (Å²) in [6.07, 6.45) is 3.53. The second kappa shape index (κ2) is 2.09. The van der Waals surface area contributed by atoms with Gasteiger partial charge in [0.05, 0.1) is 6.26 Å². The van der Waals surface area contributed by atoms with Gasteiger partial charge in [-0.05, 0) is 19.9 Å². The molecule has 2 rings (SSSR count). The monoisotopic (exact) mass is 147 g/mol. The Kier molecular flexibility index (Phi) is 1.22. The zero-order valence-electron chi connectivity index (χ0n) is 6.59. The third-order valence-electron chi connectivity index (χ3n) is 1.98. The van der Waals surface area contributed by atoms with Crippen molar-refractivity contribution < 1.29 is 4.42 Å². The highest BCUT2D eigenvalue weighted by Gasteiger charge is 2.02. The van der Waals surface area contributed by atoms with Gasteiger partial charge in [-0.25, -0.2) is 0 Å². The minimum atomic E-state index is 0.956. The Balaban J connectivity index is 2.93. The van der Waals surface area contributed by atoms with E-state index in [1.165, 1.54) is 0 Å². The summed E-state index contributed by atoms with van der Waals surface area (Å²) in [5.41, 5.74) is 3.12. The first-order valence-electron chi connectivity index (χ1n) is 3.58. The molecule has 56 valence electrons. The summed E-state index contributed by atoms with van der Waals surface area (Å²) in [6, 6.07) is 1.93. The summed E-state index contributed by atoms with van der Waals surface area (Å²) >= 11 is 0. The molecular weight excluding hydrogens is 138 g/mol. The summed E-state index contributed by atoms with van der Waals surface area (Å²) in [6.45, 7) is 4.01. The number of fused-ring (bicyclic) bond motifs is 1. The van der Waals surface area contributed by atoms with Crippen molar-refractivity contribution >= 4 is 11.0 Å². The lowest BCUT2D eigenvalue weighted by Gasteiger charge is -1.97. The van der Waals surface area contributed by atoms with Crippen molar-refractivity contribution in [3.8, 4) is 0 Å². The van der Waals surface area contributed by atoms with E-state index in [0.29, 0.717) is 0 Å². The van der Waals surface area contributed by atoms with E-state index >= 15 is 0 Å². The first-order valence-corrected chi connectivity index (χ1v) is 3.58. The molecule has 0 aliphatic heterocycles.